The zero-order valence-electron chi connectivity index (χ0n) is 42.8. The van der Waals surface area contributed by atoms with Crippen molar-refractivity contribution in [3.8, 4) is 0 Å². The zero-order valence-corrected chi connectivity index (χ0v) is 42.8. The lowest BCUT2D eigenvalue weighted by atomic mass is 10.0. The minimum atomic E-state index is -0.822. The van der Waals surface area contributed by atoms with Gasteiger partial charge in [-0.15, -0.1) is 0 Å². The van der Waals surface area contributed by atoms with Crippen LogP contribution in [0.3, 0.4) is 0 Å². The van der Waals surface area contributed by atoms with Crippen LogP contribution in [0, 0.1) is 0 Å². The molecular weight excluding hydrogens is 815 g/mol. The van der Waals surface area contributed by atoms with Gasteiger partial charge in [0.15, 0.2) is 0 Å². The average Bonchev–Trinajstić information content (AvgIpc) is 3.31. The molecule has 0 aromatic rings. The molecule has 6 nitrogen and oxygen atoms in total. The van der Waals surface area contributed by atoms with E-state index in [2.05, 4.69) is 99.0 Å². The third-order valence-electron chi connectivity index (χ3n) is 11.7. The van der Waals surface area contributed by atoms with E-state index < -0.39 is 18.2 Å². The van der Waals surface area contributed by atoms with E-state index in [0.29, 0.717) is 19.3 Å². The van der Waals surface area contributed by atoms with Gasteiger partial charge in [0.2, 0.25) is 5.91 Å². The van der Waals surface area contributed by atoms with Crippen LogP contribution in [-0.2, 0) is 14.3 Å². The molecule has 0 saturated heterocycles. The number of hydrogen-bond acceptors (Lipinski definition) is 5. The van der Waals surface area contributed by atoms with Crippen LogP contribution >= 0.6 is 0 Å². The standard InChI is InChI=1S/C60H101NO5/c1-4-7-10-13-16-19-22-25-28-29-30-32-35-38-41-44-47-50-53-60(65)66-56(51-48-45-42-39-36-33-31-26-23-20-17-14-11-8-5-2)54-59(64)61-57(55-62)58(63)52-49-46-43-40-37-34-27-24-21-18-15-12-9-6-3/h10,13,16-17,19-20,22,25-26,28-32,36,39,45,48,56-58,62-63H,4-9,11-12,14-15,18,21,23-24,27,33-35,37-38,40-44,46-47,49-55H2,1-3H3,(H,61,64)/b13-10+,19-16+,20-17-,25-22+,29-28+,31-26-,32-30+,39-36-,48-45-. The smallest absolute Gasteiger partial charge is 0.306 e. The first kappa shape index (κ1) is 62.5. The summed E-state index contributed by atoms with van der Waals surface area (Å²) in [5.74, 6) is -0.612. The first-order chi connectivity index (χ1) is 32.5. The molecule has 3 atom stereocenters. The Hall–Kier alpha value is -3.48. The molecule has 0 aromatic heterocycles. The van der Waals surface area contributed by atoms with Crippen molar-refractivity contribution >= 4 is 11.9 Å². The van der Waals surface area contributed by atoms with Crippen molar-refractivity contribution in [3.63, 3.8) is 0 Å². The van der Waals surface area contributed by atoms with Crippen molar-refractivity contribution in [2.24, 2.45) is 0 Å². The molecule has 0 aromatic carbocycles. The maximum absolute atomic E-state index is 13.2. The molecule has 1 amide bonds. The van der Waals surface area contributed by atoms with Crippen molar-refractivity contribution in [2.75, 3.05) is 6.61 Å². The fraction of sp³-hybridized carbons (Fsp3) is 0.667. The maximum Gasteiger partial charge on any atom is 0.306 e. The van der Waals surface area contributed by atoms with Gasteiger partial charge in [0, 0.05) is 12.8 Å². The summed E-state index contributed by atoms with van der Waals surface area (Å²) in [6, 6.07) is -0.744. The van der Waals surface area contributed by atoms with E-state index in [-0.39, 0.29) is 24.9 Å². The number of nitrogens with one attached hydrogen (secondary N) is 1. The minimum Gasteiger partial charge on any atom is -0.461 e. The Morgan fingerprint density at radius 1 is 0.470 bits per heavy atom. The Kier molecular flexibility index (Phi) is 49.7. The summed E-state index contributed by atoms with van der Waals surface area (Å²) in [5.41, 5.74) is 0. The highest BCUT2D eigenvalue weighted by molar-refractivity contribution is 5.77. The number of hydrogen-bond donors (Lipinski definition) is 3. The van der Waals surface area contributed by atoms with Crippen LogP contribution in [0.4, 0.5) is 0 Å². The second kappa shape index (κ2) is 52.5. The second-order valence-corrected chi connectivity index (χ2v) is 18.1. The van der Waals surface area contributed by atoms with Gasteiger partial charge in [-0.25, -0.2) is 0 Å². The third kappa shape index (κ3) is 47.0. The molecule has 0 saturated carbocycles. The van der Waals surface area contributed by atoms with Crippen LogP contribution in [0.5, 0.6) is 0 Å². The van der Waals surface area contributed by atoms with Crippen LogP contribution in [-0.4, -0.2) is 46.9 Å². The second-order valence-electron chi connectivity index (χ2n) is 18.1. The molecule has 0 bridgehead atoms. The summed E-state index contributed by atoms with van der Waals surface area (Å²) in [6.45, 7) is 6.33. The number of aliphatic hydroxyl groups is 2. The Morgan fingerprint density at radius 2 is 0.894 bits per heavy atom. The van der Waals surface area contributed by atoms with Gasteiger partial charge in [0.1, 0.15) is 6.10 Å². The molecule has 6 heteroatoms. The average molecular weight is 916 g/mol. The molecule has 0 aliphatic rings. The molecule has 0 heterocycles. The fourth-order valence-corrected chi connectivity index (χ4v) is 7.56. The van der Waals surface area contributed by atoms with Crippen molar-refractivity contribution in [2.45, 2.75) is 251 Å². The van der Waals surface area contributed by atoms with E-state index in [1.807, 2.05) is 36.5 Å². The Bertz CT molecular complexity index is 1350. The number of carbonyl (C=O) groups excluding carboxylic acids is 2. The largest absolute Gasteiger partial charge is 0.461 e. The van der Waals surface area contributed by atoms with Crippen molar-refractivity contribution in [3.05, 3.63) is 109 Å². The van der Waals surface area contributed by atoms with Gasteiger partial charge in [-0.05, 0) is 64.2 Å². The molecule has 0 rings (SSSR count). The SMILES string of the molecule is CCC/C=C/C=C/C=C/C=C/C=C/CCCCCCCC(=O)OC(C/C=C\C/C=C\C/C=C\C/C=C\CCCCC)CC(=O)NC(CO)C(O)CCCCCCCCCCCCCCCC. The van der Waals surface area contributed by atoms with Crippen LogP contribution in [0.15, 0.2) is 109 Å². The zero-order chi connectivity index (χ0) is 48.1. The Balaban J connectivity index is 4.77. The van der Waals surface area contributed by atoms with Crippen LogP contribution < -0.4 is 5.32 Å². The monoisotopic (exact) mass is 916 g/mol. The number of esters is 1. The van der Waals surface area contributed by atoms with Gasteiger partial charge in [-0.1, -0.05) is 259 Å². The van der Waals surface area contributed by atoms with Crippen molar-refractivity contribution < 1.29 is 24.5 Å². The first-order valence-corrected chi connectivity index (χ1v) is 27.2. The number of amides is 1. The van der Waals surface area contributed by atoms with Crippen LogP contribution in [0.25, 0.3) is 0 Å². The predicted molar refractivity (Wildman–Crippen MR) is 287 cm³/mol. The lowest BCUT2D eigenvalue weighted by molar-refractivity contribution is -0.150. The maximum atomic E-state index is 13.2. The summed E-state index contributed by atoms with van der Waals surface area (Å²) in [7, 11) is 0. The highest BCUT2D eigenvalue weighted by Crippen LogP contribution is 2.16. The van der Waals surface area contributed by atoms with E-state index in [0.717, 1.165) is 89.9 Å². The normalized spacial score (nSPS) is 14.1. The summed E-state index contributed by atoms with van der Waals surface area (Å²) in [6.07, 6.45) is 71.5. The summed E-state index contributed by atoms with van der Waals surface area (Å²) < 4.78 is 5.87. The minimum absolute atomic E-state index is 0.0153. The number of aliphatic hydroxyl groups excluding tert-OH is 2. The highest BCUT2D eigenvalue weighted by Gasteiger charge is 2.23. The van der Waals surface area contributed by atoms with Gasteiger partial charge in [-0.2, -0.15) is 0 Å². The molecule has 0 spiro atoms. The number of unbranched alkanes of at least 4 members (excludes halogenated alkanes) is 22. The quantitative estimate of drug-likeness (QED) is 0.0245. The first-order valence-electron chi connectivity index (χ1n) is 27.2. The number of ether oxygens (including phenoxy) is 1. The third-order valence-corrected chi connectivity index (χ3v) is 11.7. The Morgan fingerprint density at radius 3 is 1.44 bits per heavy atom. The molecule has 376 valence electrons. The topological polar surface area (TPSA) is 95.9 Å². The number of carbonyl (C=O) groups is 2. The van der Waals surface area contributed by atoms with Gasteiger partial charge in [-0.3, -0.25) is 9.59 Å². The highest BCUT2D eigenvalue weighted by atomic mass is 16.5. The lowest BCUT2D eigenvalue weighted by Crippen LogP contribution is -2.46. The van der Waals surface area contributed by atoms with E-state index >= 15 is 0 Å². The number of rotatable bonds is 47. The summed E-state index contributed by atoms with van der Waals surface area (Å²) in [4.78, 5) is 26.2. The molecule has 0 aliphatic heterocycles. The predicted octanol–water partition coefficient (Wildman–Crippen LogP) is 16.7. The number of allylic oxidation sites excluding steroid dienone is 17. The van der Waals surface area contributed by atoms with E-state index in [1.54, 1.807) is 0 Å². The molecule has 66 heavy (non-hydrogen) atoms. The molecule has 0 fully saturated rings. The molecule has 0 aliphatic carbocycles. The molecular formula is C60H101NO5. The van der Waals surface area contributed by atoms with E-state index in [1.165, 1.54) is 96.3 Å². The molecule has 0 radical (unpaired) electrons. The van der Waals surface area contributed by atoms with Gasteiger partial charge in [0.25, 0.3) is 0 Å². The van der Waals surface area contributed by atoms with Crippen LogP contribution in [0.2, 0.25) is 0 Å². The van der Waals surface area contributed by atoms with E-state index in [9.17, 15) is 19.8 Å². The van der Waals surface area contributed by atoms with Gasteiger partial charge < -0.3 is 20.3 Å². The van der Waals surface area contributed by atoms with Crippen molar-refractivity contribution in [1.82, 2.24) is 5.32 Å². The summed E-state index contributed by atoms with van der Waals surface area (Å²) in [5, 5.41) is 23.8. The van der Waals surface area contributed by atoms with Crippen molar-refractivity contribution in [1.29, 1.82) is 0 Å². The lowest BCUT2D eigenvalue weighted by Gasteiger charge is -2.24. The Labute approximate surface area is 407 Å². The van der Waals surface area contributed by atoms with E-state index in [4.69, 9.17) is 4.74 Å². The van der Waals surface area contributed by atoms with Crippen LogP contribution in [0.1, 0.15) is 233 Å². The molecule has 3 unspecified atom stereocenters. The fourth-order valence-electron chi connectivity index (χ4n) is 7.56. The van der Waals surface area contributed by atoms with Gasteiger partial charge in [0.05, 0.1) is 25.2 Å². The summed E-state index contributed by atoms with van der Waals surface area (Å²) >= 11 is 0. The van der Waals surface area contributed by atoms with Gasteiger partial charge >= 0.3 is 5.97 Å². The molecule has 3 N–H and O–H groups in total.